The van der Waals surface area contributed by atoms with Gasteiger partial charge in [0.15, 0.2) is 5.96 Å². The maximum Gasteiger partial charge on any atom is 0.202 e. The number of benzene rings is 3. The monoisotopic (exact) mass is 407 g/mol. The van der Waals surface area contributed by atoms with E-state index < -0.39 is 0 Å². The second-order valence-electron chi connectivity index (χ2n) is 6.45. The van der Waals surface area contributed by atoms with Crippen LogP contribution in [0.1, 0.15) is 5.56 Å². The first-order chi connectivity index (χ1) is 13.7. The summed E-state index contributed by atoms with van der Waals surface area (Å²) in [6.45, 7) is 0.735. The lowest BCUT2D eigenvalue weighted by Gasteiger charge is -2.21. The number of halogens is 1. The quantitative estimate of drug-likeness (QED) is 0.370. The number of guanidine groups is 2. The SMILES string of the molecule is Cl.N=C(NC(=N)N1CCc2ccccc21)Nc1cccc(Oc2ccccc2)c1. The highest BCUT2D eigenvalue weighted by atomic mass is 35.5. The Morgan fingerprint density at radius 2 is 1.59 bits per heavy atom. The highest BCUT2D eigenvalue weighted by Crippen LogP contribution is 2.27. The molecule has 7 heteroatoms. The zero-order valence-corrected chi connectivity index (χ0v) is 16.5. The fraction of sp³-hybridized carbons (Fsp3) is 0.0909. The van der Waals surface area contributed by atoms with Crippen LogP contribution in [0.25, 0.3) is 0 Å². The van der Waals surface area contributed by atoms with E-state index >= 15 is 0 Å². The minimum atomic E-state index is 0. The van der Waals surface area contributed by atoms with Crippen LogP contribution in [-0.2, 0) is 6.42 Å². The minimum Gasteiger partial charge on any atom is -0.457 e. The van der Waals surface area contributed by atoms with Crippen LogP contribution in [0.5, 0.6) is 11.5 Å². The number of hydrogen-bond acceptors (Lipinski definition) is 3. The van der Waals surface area contributed by atoms with Gasteiger partial charge in [0.05, 0.1) is 0 Å². The zero-order valence-electron chi connectivity index (χ0n) is 15.7. The molecular formula is C22H22ClN5O. The van der Waals surface area contributed by atoms with Gasteiger partial charge in [-0.15, -0.1) is 12.4 Å². The Balaban J connectivity index is 0.00000240. The van der Waals surface area contributed by atoms with Crippen LogP contribution in [0.4, 0.5) is 11.4 Å². The fourth-order valence-electron chi connectivity index (χ4n) is 3.19. The lowest BCUT2D eigenvalue weighted by Crippen LogP contribution is -2.45. The molecule has 148 valence electrons. The van der Waals surface area contributed by atoms with Gasteiger partial charge in [-0.3, -0.25) is 16.1 Å². The molecular weight excluding hydrogens is 386 g/mol. The van der Waals surface area contributed by atoms with Gasteiger partial charge in [0.1, 0.15) is 11.5 Å². The average molecular weight is 408 g/mol. The standard InChI is InChI=1S/C22H21N5O.ClH/c23-21(26-22(24)27-14-13-16-7-4-5-12-20(16)27)25-17-8-6-11-19(15-17)28-18-9-2-1-3-10-18;/h1-12,15H,13-14H2,(H4,23,24,25,26);1H. The molecule has 4 N–H and O–H groups in total. The van der Waals surface area contributed by atoms with E-state index in [-0.39, 0.29) is 24.3 Å². The van der Waals surface area contributed by atoms with Crippen molar-refractivity contribution in [3.8, 4) is 11.5 Å². The summed E-state index contributed by atoms with van der Waals surface area (Å²) in [6, 6.07) is 25.0. The molecule has 1 heterocycles. The van der Waals surface area contributed by atoms with Gasteiger partial charge in [-0.1, -0.05) is 42.5 Å². The van der Waals surface area contributed by atoms with Crippen molar-refractivity contribution >= 4 is 35.7 Å². The molecule has 0 saturated heterocycles. The van der Waals surface area contributed by atoms with E-state index in [4.69, 9.17) is 15.6 Å². The third-order valence-electron chi connectivity index (χ3n) is 4.48. The Labute approximate surface area is 175 Å². The summed E-state index contributed by atoms with van der Waals surface area (Å²) in [7, 11) is 0. The lowest BCUT2D eigenvalue weighted by molar-refractivity contribution is 0.483. The highest BCUT2D eigenvalue weighted by Gasteiger charge is 2.22. The molecule has 0 aromatic heterocycles. The van der Waals surface area contributed by atoms with Gasteiger partial charge in [-0.05, 0) is 42.3 Å². The molecule has 6 nitrogen and oxygen atoms in total. The molecule has 0 fully saturated rings. The topological polar surface area (TPSA) is 84.2 Å². The van der Waals surface area contributed by atoms with Gasteiger partial charge < -0.3 is 15.0 Å². The first-order valence-electron chi connectivity index (χ1n) is 9.08. The van der Waals surface area contributed by atoms with Crippen molar-refractivity contribution in [2.75, 3.05) is 16.8 Å². The number of hydrogen-bond donors (Lipinski definition) is 4. The molecule has 1 aliphatic heterocycles. The van der Waals surface area contributed by atoms with Gasteiger partial charge >= 0.3 is 0 Å². The van der Waals surface area contributed by atoms with Gasteiger partial charge in [0.25, 0.3) is 0 Å². The Bertz CT molecular complexity index is 1010. The summed E-state index contributed by atoms with van der Waals surface area (Å²) in [5, 5.41) is 22.3. The summed E-state index contributed by atoms with van der Waals surface area (Å²) < 4.78 is 5.82. The molecule has 0 saturated carbocycles. The second-order valence-corrected chi connectivity index (χ2v) is 6.45. The molecule has 0 atom stereocenters. The van der Waals surface area contributed by atoms with Crippen LogP contribution >= 0.6 is 12.4 Å². The van der Waals surface area contributed by atoms with Crippen molar-refractivity contribution in [1.82, 2.24) is 5.32 Å². The van der Waals surface area contributed by atoms with Gasteiger partial charge in [0.2, 0.25) is 5.96 Å². The third kappa shape index (κ3) is 4.86. The van der Waals surface area contributed by atoms with Gasteiger partial charge in [-0.2, -0.15) is 0 Å². The van der Waals surface area contributed by atoms with E-state index in [1.54, 1.807) is 0 Å². The number of para-hydroxylation sites is 2. The molecule has 29 heavy (non-hydrogen) atoms. The normalized spacial score (nSPS) is 11.8. The van der Waals surface area contributed by atoms with Crippen LogP contribution in [-0.4, -0.2) is 18.5 Å². The largest absolute Gasteiger partial charge is 0.457 e. The smallest absolute Gasteiger partial charge is 0.202 e. The van der Waals surface area contributed by atoms with E-state index in [9.17, 15) is 0 Å². The van der Waals surface area contributed by atoms with Gasteiger partial charge in [0, 0.05) is 24.0 Å². The average Bonchev–Trinajstić information content (AvgIpc) is 3.13. The molecule has 0 bridgehead atoms. The fourth-order valence-corrected chi connectivity index (χ4v) is 3.19. The summed E-state index contributed by atoms with van der Waals surface area (Å²) in [4.78, 5) is 1.88. The first kappa shape index (κ1) is 20.2. The van der Waals surface area contributed by atoms with Crippen molar-refractivity contribution in [1.29, 1.82) is 10.8 Å². The summed E-state index contributed by atoms with van der Waals surface area (Å²) in [5.41, 5.74) is 2.95. The molecule has 3 aromatic carbocycles. The van der Waals surface area contributed by atoms with Crippen molar-refractivity contribution in [3.05, 3.63) is 84.4 Å². The van der Waals surface area contributed by atoms with E-state index in [1.807, 2.05) is 77.7 Å². The number of ether oxygens (including phenoxy) is 1. The van der Waals surface area contributed by atoms with E-state index in [0.717, 1.165) is 24.4 Å². The molecule has 0 radical (unpaired) electrons. The van der Waals surface area contributed by atoms with Gasteiger partial charge in [-0.25, -0.2) is 0 Å². The maximum atomic E-state index is 8.31. The molecule has 0 unspecified atom stereocenters. The predicted molar refractivity (Wildman–Crippen MR) is 120 cm³/mol. The van der Waals surface area contributed by atoms with Crippen LogP contribution in [0.15, 0.2) is 78.9 Å². The number of anilines is 2. The number of nitrogens with zero attached hydrogens (tertiary/aromatic N) is 1. The van der Waals surface area contributed by atoms with Crippen LogP contribution in [0, 0.1) is 10.8 Å². The number of nitrogens with one attached hydrogen (secondary N) is 4. The molecule has 1 aliphatic rings. The molecule has 0 spiro atoms. The maximum absolute atomic E-state index is 8.31. The van der Waals surface area contributed by atoms with Crippen LogP contribution in [0.3, 0.4) is 0 Å². The Hall–Kier alpha value is -3.51. The Morgan fingerprint density at radius 1 is 0.862 bits per heavy atom. The van der Waals surface area contributed by atoms with Crippen molar-refractivity contribution in [2.45, 2.75) is 6.42 Å². The van der Waals surface area contributed by atoms with E-state index in [2.05, 4.69) is 16.7 Å². The molecule has 0 amide bonds. The van der Waals surface area contributed by atoms with E-state index in [1.165, 1.54) is 5.56 Å². The van der Waals surface area contributed by atoms with E-state index in [0.29, 0.717) is 11.4 Å². The predicted octanol–water partition coefficient (Wildman–Crippen LogP) is 4.83. The minimum absolute atomic E-state index is 0. The molecule has 3 aromatic rings. The number of fused-ring (bicyclic) bond motifs is 1. The number of rotatable bonds is 3. The summed E-state index contributed by atoms with van der Waals surface area (Å²) >= 11 is 0. The van der Waals surface area contributed by atoms with Crippen LogP contribution in [0.2, 0.25) is 0 Å². The molecule has 0 aliphatic carbocycles. The Morgan fingerprint density at radius 3 is 2.41 bits per heavy atom. The Kier molecular flexibility index (Phi) is 6.36. The lowest BCUT2D eigenvalue weighted by atomic mass is 10.2. The second kappa shape index (κ2) is 9.12. The highest BCUT2D eigenvalue weighted by molar-refractivity contribution is 6.08. The molecule has 4 rings (SSSR count). The first-order valence-corrected chi connectivity index (χ1v) is 9.08. The summed E-state index contributed by atoms with van der Waals surface area (Å²) in [5.74, 6) is 1.64. The van der Waals surface area contributed by atoms with Crippen molar-refractivity contribution in [3.63, 3.8) is 0 Å². The zero-order chi connectivity index (χ0) is 19.3. The van der Waals surface area contributed by atoms with Crippen molar-refractivity contribution in [2.24, 2.45) is 0 Å². The van der Waals surface area contributed by atoms with Crippen molar-refractivity contribution < 1.29 is 4.74 Å². The third-order valence-corrected chi connectivity index (χ3v) is 4.48. The summed E-state index contributed by atoms with van der Waals surface area (Å²) in [6.07, 6.45) is 0.903. The van der Waals surface area contributed by atoms with Crippen LogP contribution < -0.4 is 20.3 Å².